The Bertz CT molecular complexity index is 671. The summed E-state index contributed by atoms with van der Waals surface area (Å²) in [7, 11) is 0. The molecule has 2 aromatic rings. The number of carboxylic acid groups (broad SMARTS) is 1. The van der Waals surface area contributed by atoms with Crippen molar-refractivity contribution in [3.8, 4) is 0 Å². The molecule has 0 aliphatic heterocycles. The number of aryl methyl sites for hydroxylation is 1. The third-order valence-corrected chi connectivity index (χ3v) is 4.62. The largest absolute Gasteiger partial charge is 0.481 e. The number of hydrogen-bond acceptors (Lipinski definition) is 4. The van der Waals surface area contributed by atoms with Crippen molar-refractivity contribution >= 4 is 12.4 Å². The highest BCUT2D eigenvalue weighted by Crippen LogP contribution is 2.25. The molecule has 2 rings (SSSR count). The monoisotopic (exact) mass is 359 g/mol. The molecular formula is C20H25NO5. The van der Waals surface area contributed by atoms with Crippen LogP contribution in [0.15, 0.2) is 53.3 Å². The second-order valence-electron chi connectivity index (χ2n) is 6.70. The maximum atomic E-state index is 11.8. The lowest BCUT2D eigenvalue weighted by atomic mass is 9.84. The molecule has 3 atom stereocenters. The standard InChI is InChI=1S/C20H25NO5/c1-15(11-16-5-3-2-4-6-16)12-18(20(23)24)19(21(25)14-22)8-7-17-9-10-26-13-17/h2-6,9-10,13-15,18-19,25H,7-8,11-12H2,1H3,(H,23,24)/t15?,18-,19-/m1/s1. The van der Waals surface area contributed by atoms with E-state index in [0.717, 1.165) is 17.5 Å². The lowest BCUT2D eigenvalue weighted by Gasteiger charge is -2.30. The van der Waals surface area contributed by atoms with Gasteiger partial charge in [0, 0.05) is 0 Å². The first kappa shape index (κ1) is 19.7. The number of furan rings is 1. The second kappa shape index (κ2) is 9.77. The Balaban J connectivity index is 2.06. The fourth-order valence-electron chi connectivity index (χ4n) is 3.30. The van der Waals surface area contributed by atoms with Crippen LogP contribution < -0.4 is 0 Å². The molecule has 2 N–H and O–H groups in total. The van der Waals surface area contributed by atoms with E-state index in [9.17, 15) is 19.9 Å². The van der Waals surface area contributed by atoms with Crippen LogP contribution in [-0.4, -0.2) is 33.8 Å². The van der Waals surface area contributed by atoms with Gasteiger partial charge in [0.15, 0.2) is 0 Å². The van der Waals surface area contributed by atoms with Gasteiger partial charge >= 0.3 is 5.97 Å². The third kappa shape index (κ3) is 5.74. The molecule has 6 heteroatoms. The van der Waals surface area contributed by atoms with E-state index in [1.165, 1.54) is 6.26 Å². The molecule has 1 aromatic heterocycles. The topological polar surface area (TPSA) is 91.0 Å². The van der Waals surface area contributed by atoms with Gasteiger partial charge in [0.25, 0.3) is 0 Å². The summed E-state index contributed by atoms with van der Waals surface area (Å²) in [6.07, 6.45) is 5.35. The fraction of sp³-hybridized carbons (Fsp3) is 0.400. The van der Waals surface area contributed by atoms with E-state index in [0.29, 0.717) is 24.3 Å². The smallest absolute Gasteiger partial charge is 0.308 e. The number of hydroxylamine groups is 2. The molecule has 6 nitrogen and oxygen atoms in total. The normalized spacial score (nSPS) is 14.4. The fourth-order valence-corrected chi connectivity index (χ4v) is 3.30. The highest BCUT2D eigenvalue weighted by Gasteiger charge is 2.33. The number of hydrogen-bond donors (Lipinski definition) is 2. The summed E-state index contributed by atoms with van der Waals surface area (Å²) < 4.78 is 5.01. The molecule has 0 radical (unpaired) electrons. The predicted octanol–water partition coefficient (Wildman–Crippen LogP) is 3.40. The summed E-state index contributed by atoms with van der Waals surface area (Å²) in [6.45, 7) is 1.98. The van der Waals surface area contributed by atoms with Gasteiger partial charge in [-0.15, -0.1) is 0 Å². The highest BCUT2D eigenvalue weighted by atomic mass is 16.5. The first-order valence-corrected chi connectivity index (χ1v) is 8.71. The SMILES string of the molecule is CC(Cc1ccccc1)C[C@@H](C(=O)O)[C@@H](CCc1ccoc1)N(O)C=O. The first-order chi connectivity index (χ1) is 12.5. The van der Waals surface area contributed by atoms with Crippen LogP contribution in [0.1, 0.15) is 30.9 Å². The van der Waals surface area contributed by atoms with E-state index in [1.54, 1.807) is 12.3 Å². The molecule has 0 fully saturated rings. The molecule has 26 heavy (non-hydrogen) atoms. The number of nitrogens with zero attached hydrogens (tertiary/aromatic N) is 1. The van der Waals surface area contributed by atoms with E-state index >= 15 is 0 Å². The van der Waals surface area contributed by atoms with Crippen LogP contribution in [0.2, 0.25) is 0 Å². The van der Waals surface area contributed by atoms with Crippen molar-refractivity contribution in [2.45, 2.75) is 38.6 Å². The summed E-state index contributed by atoms with van der Waals surface area (Å²) in [5.74, 6) is -1.77. The molecule has 0 bridgehead atoms. The maximum Gasteiger partial charge on any atom is 0.308 e. The maximum absolute atomic E-state index is 11.8. The van der Waals surface area contributed by atoms with Crippen LogP contribution in [-0.2, 0) is 22.4 Å². The number of carboxylic acids is 1. The van der Waals surface area contributed by atoms with Gasteiger partial charge in [-0.25, -0.2) is 5.06 Å². The lowest BCUT2D eigenvalue weighted by molar-refractivity contribution is -0.173. The number of benzene rings is 1. The molecule has 0 saturated heterocycles. The van der Waals surface area contributed by atoms with Crippen LogP contribution in [0, 0.1) is 11.8 Å². The van der Waals surface area contributed by atoms with Gasteiger partial charge in [-0.05, 0) is 48.8 Å². The minimum Gasteiger partial charge on any atom is -0.481 e. The Labute approximate surface area is 153 Å². The van der Waals surface area contributed by atoms with Crippen LogP contribution in [0.4, 0.5) is 0 Å². The predicted molar refractivity (Wildman–Crippen MR) is 95.6 cm³/mol. The van der Waals surface area contributed by atoms with E-state index in [1.807, 2.05) is 37.3 Å². The molecule has 0 saturated carbocycles. The van der Waals surface area contributed by atoms with Gasteiger partial charge < -0.3 is 9.52 Å². The number of aliphatic carboxylic acids is 1. The molecule has 0 spiro atoms. The van der Waals surface area contributed by atoms with Crippen LogP contribution in [0.25, 0.3) is 0 Å². The second-order valence-corrected chi connectivity index (χ2v) is 6.70. The Morgan fingerprint density at radius 1 is 1.23 bits per heavy atom. The van der Waals surface area contributed by atoms with Gasteiger partial charge in [0.05, 0.1) is 24.5 Å². The quantitative estimate of drug-likeness (QED) is 0.364. The first-order valence-electron chi connectivity index (χ1n) is 8.71. The summed E-state index contributed by atoms with van der Waals surface area (Å²) in [6, 6.07) is 10.8. The number of carbonyl (C=O) groups excluding carboxylic acids is 1. The van der Waals surface area contributed by atoms with E-state index < -0.39 is 17.9 Å². The number of carbonyl (C=O) groups is 2. The molecule has 1 amide bonds. The highest BCUT2D eigenvalue weighted by molar-refractivity contribution is 5.71. The summed E-state index contributed by atoms with van der Waals surface area (Å²) >= 11 is 0. The van der Waals surface area contributed by atoms with Gasteiger partial charge in [0.1, 0.15) is 0 Å². The van der Waals surface area contributed by atoms with Crippen molar-refractivity contribution in [2.24, 2.45) is 11.8 Å². The lowest BCUT2D eigenvalue weighted by Crippen LogP contribution is -2.42. The average Bonchev–Trinajstić information content (AvgIpc) is 3.14. The van der Waals surface area contributed by atoms with Crippen molar-refractivity contribution in [3.05, 3.63) is 60.1 Å². The molecular weight excluding hydrogens is 334 g/mol. The van der Waals surface area contributed by atoms with Crippen molar-refractivity contribution in [2.75, 3.05) is 0 Å². The third-order valence-electron chi connectivity index (χ3n) is 4.62. The number of amides is 1. The molecule has 140 valence electrons. The molecule has 1 heterocycles. The zero-order valence-corrected chi connectivity index (χ0v) is 14.8. The zero-order valence-electron chi connectivity index (χ0n) is 14.8. The van der Waals surface area contributed by atoms with Gasteiger partial charge in [-0.3, -0.25) is 14.8 Å². The van der Waals surface area contributed by atoms with Crippen molar-refractivity contribution < 1.29 is 24.3 Å². The Hall–Kier alpha value is -2.60. The van der Waals surface area contributed by atoms with Crippen molar-refractivity contribution in [1.29, 1.82) is 0 Å². The van der Waals surface area contributed by atoms with Crippen LogP contribution in [0.3, 0.4) is 0 Å². The zero-order chi connectivity index (χ0) is 18.9. The molecule has 1 unspecified atom stereocenters. The minimum atomic E-state index is -1.01. The minimum absolute atomic E-state index is 0.0926. The molecule has 0 aliphatic rings. The average molecular weight is 359 g/mol. The van der Waals surface area contributed by atoms with E-state index in [4.69, 9.17) is 4.42 Å². The summed E-state index contributed by atoms with van der Waals surface area (Å²) in [5, 5.41) is 20.1. The number of rotatable bonds is 11. The van der Waals surface area contributed by atoms with Crippen molar-refractivity contribution in [1.82, 2.24) is 5.06 Å². The van der Waals surface area contributed by atoms with E-state index in [2.05, 4.69) is 0 Å². The summed E-state index contributed by atoms with van der Waals surface area (Å²) in [4.78, 5) is 22.9. The van der Waals surface area contributed by atoms with Crippen LogP contribution >= 0.6 is 0 Å². The Morgan fingerprint density at radius 3 is 2.54 bits per heavy atom. The Kier molecular flexibility index (Phi) is 7.41. The van der Waals surface area contributed by atoms with Gasteiger partial charge in [0.2, 0.25) is 6.41 Å². The Morgan fingerprint density at radius 2 is 1.96 bits per heavy atom. The molecule has 1 aromatic carbocycles. The summed E-state index contributed by atoms with van der Waals surface area (Å²) in [5.41, 5.74) is 2.03. The molecule has 0 aliphatic carbocycles. The van der Waals surface area contributed by atoms with Crippen molar-refractivity contribution in [3.63, 3.8) is 0 Å². The van der Waals surface area contributed by atoms with Crippen LogP contribution in [0.5, 0.6) is 0 Å². The van der Waals surface area contributed by atoms with Gasteiger partial charge in [-0.2, -0.15) is 0 Å². The van der Waals surface area contributed by atoms with E-state index in [-0.39, 0.29) is 12.3 Å². The van der Waals surface area contributed by atoms with Gasteiger partial charge in [-0.1, -0.05) is 37.3 Å².